The summed E-state index contributed by atoms with van der Waals surface area (Å²) in [5, 5.41) is 4.45. The van der Waals surface area contributed by atoms with Crippen molar-refractivity contribution in [1.82, 2.24) is 20.3 Å². The van der Waals surface area contributed by atoms with Crippen LogP contribution in [0.3, 0.4) is 0 Å². The van der Waals surface area contributed by atoms with E-state index >= 15 is 0 Å². The number of imidazole rings is 1. The zero-order valence-corrected chi connectivity index (χ0v) is 17.6. The Morgan fingerprint density at radius 3 is 2.47 bits per heavy atom. The zero-order chi connectivity index (χ0) is 21.8. The van der Waals surface area contributed by atoms with E-state index in [9.17, 15) is 4.79 Å². The fourth-order valence-corrected chi connectivity index (χ4v) is 4.05. The molecule has 0 fully saturated rings. The van der Waals surface area contributed by atoms with Crippen molar-refractivity contribution >= 4 is 16.7 Å². The molecule has 2 heterocycles. The van der Waals surface area contributed by atoms with Gasteiger partial charge in [0.05, 0.1) is 6.04 Å². The van der Waals surface area contributed by atoms with E-state index in [0.717, 1.165) is 34.3 Å². The molecule has 32 heavy (non-hydrogen) atoms. The number of ketones is 1. The Kier molecular flexibility index (Phi) is 5.64. The molecular weight excluding hydrogens is 396 g/mol. The van der Waals surface area contributed by atoms with Crippen LogP contribution in [0, 0.1) is 0 Å². The van der Waals surface area contributed by atoms with E-state index in [1.165, 1.54) is 5.56 Å². The fourth-order valence-electron chi connectivity index (χ4n) is 4.05. The van der Waals surface area contributed by atoms with Crippen molar-refractivity contribution in [2.45, 2.75) is 12.5 Å². The van der Waals surface area contributed by atoms with Gasteiger partial charge in [0.1, 0.15) is 5.82 Å². The predicted octanol–water partition coefficient (Wildman–Crippen LogP) is 5.31. The Bertz CT molecular complexity index is 1310. The average molecular weight is 421 g/mol. The molecule has 0 saturated carbocycles. The minimum atomic E-state index is -0.405. The van der Waals surface area contributed by atoms with Crippen LogP contribution < -0.4 is 5.32 Å². The van der Waals surface area contributed by atoms with E-state index in [1.807, 2.05) is 67.0 Å². The maximum absolute atomic E-state index is 13.5. The second kappa shape index (κ2) is 9.04. The quantitative estimate of drug-likeness (QED) is 0.298. The number of para-hydroxylation sites is 1. The molecule has 0 aliphatic heterocycles. The molecule has 1 atom stereocenters. The summed E-state index contributed by atoms with van der Waals surface area (Å²) >= 11 is 0. The van der Waals surface area contributed by atoms with Crippen molar-refractivity contribution in [2.24, 2.45) is 0 Å². The smallest absolute Gasteiger partial charge is 0.186 e. The number of nitrogens with zero attached hydrogens (tertiary/aromatic N) is 1. The average Bonchev–Trinajstić information content (AvgIpc) is 3.53. The van der Waals surface area contributed by atoms with Gasteiger partial charge in [-0.3, -0.25) is 4.79 Å². The van der Waals surface area contributed by atoms with Gasteiger partial charge in [-0.1, -0.05) is 72.8 Å². The summed E-state index contributed by atoms with van der Waals surface area (Å²) in [5.74, 6) is 0.935. The van der Waals surface area contributed by atoms with Gasteiger partial charge in [-0.25, -0.2) is 4.98 Å². The number of aromatic nitrogens is 3. The molecule has 0 aliphatic rings. The number of hydrogen-bond acceptors (Lipinski definition) is 3. The van der Waals surface area contributed by atoms with Crippen LogP contribution in [-0.4, -0.2) is 27.3 Å². The maximum atomic E-state index is 13.5. The first-order valence-corrected chi connectivity index (χ1v) is 10.8. The molecule has 5 heteroatoms. The minimum Gasteiger partial charge on any atom is -0.360 e. The minimum absolute atomic E-state index is 0.0711. The third-order valence-electron chi connectivity index (χ3n) is 5.74. The summed E-state index contributed by atoms with van der Waals surface area (Å²) < 4.78 is 0. The number of carbonyl (C=O) groups is 1. The van der Waals surface area contributed by atoms with Crippen molar-refractivity contribution in [2.75, 3.05) is 6.54 Å². The van der Waals surface area contributed by atoms with Gasteiger partial charge >= 0.3 is 0 Å². The summed E-state index contributed by atoms with van der Waals surface area (Å²) in [6.07, 6.45) is 6.21. The van der Waals surface area contributed by atoms with Gasteiger partial charge in [-0.05, 0) is 23.6 Å². The normalized spacial score (nSPS) is 12.1. The standard InChI is InChI=1S/C27H24N4O/c32-26(23-18-31-24-9-5-4-8-22(23)24)25(20-6-2-1-3-7-20)28-15-14-19-10-12-21(13-11-19)27-29-16-17-30-27/h1-13,16-18,25,28,31H,14-15H2,(H,29,30)/t25-/m1/s1. The summed E-state index contributed by atoms with van der Waals surface area (Å²) in [7, 11) is 0. The van der Waals surface area contributed by atoms with Crippen LogP contribution in [0.4, 0.5) is 0 Å². The van der Waals surface area contributed by atoms with Gasteiger partial charge in [0.25, 0.3) is 0 Å². The Labute approximate surface area is 186 Å². The Morgan fingerprint density at radius 2 is 1.69 bits per heavy atom. The topological polar surface area (TPSA) is 73.6 Å². The lowest BCUT2D eigenvalue weighted by atomic mass is 9.96. The zero-order valence-electron chi connectivity index (χ0n) is 17.6. The number of benzene rings is 3. The molecule has 2 aromatic heterocycles. The molecular formula is C27H24N4O. The number of rotatable bonds is 8. The van der Waals surface area contributed by atoms with E-state index in [0.29, 0.717) is 12.1 Å². The van der Waals surface area contributed by atoms with Gasteiger partial charge in [-0.15, -0.1) is 0 Å². The highest BCUT2D eigenvalue weighted by Gasteiger charge is 2.23. The molecule has 0 bridgehead atoms. The lowest BCUT2D eigenvalue weighted by Gasteiger charge is -2.18. The molecule has 158 valence electrons. The number of carbonyl (C=O) groups excluding carboxylic acids is 1. The third kappa shape index (κ3) is 4.11. The first-order chi connectivity index (χ1) is 15.8. The second-order valence-electron chi connectivity index (χ2n) is 7.79. The number of Topliss-reactive ketones (excluding diaryl/α,β-unsaturated/α-hetero) is 1. The molecule has 0 radical (unpaired) electrons. The monoisotopic (exact) mass is 420 g/mol. The third-order valence-corrected chi connectivity index (χ3v) is 5.74. The Hall–Kier alpha value is -3.96. The van der Waals surface area contributed by atoms with E-state index in [2.05, 4.69) is 44.5 Å². The highest BCUT2D eigenvalue weighted by Crippen LogP contribution is 2.25. The Balaban J connectivity index is 1.32. The van der Waals surface area contributed by atoms with Crippen molar-refractivity contribution in [3.8, 4) is 11.4 Å². The molecule has 0 spiro atoms. The molecule has 0 amide bonds. The van der Waals surface area contributed by atoms with Crippen LogP contribution in [-0.2, 0) is 6.42 Å². The summed E-state index contributed by atoms with van der Waals surface area (Å²) in [6, 6.07) is 25.8. The predicted molar refractivity (Wildman–Crippen MR) is 128 cm³/mol. The van der Waals surface area contributed by atoms with Crippen LogP contribution in [0.1, 0.15) is 27.5 Å². The van der Waals surface area contributed by atoms with Gasteiger partial charge in [0, 0.05) is 47.2 Å². The van der Waals surface area contributed by atoms with Crippen molar-refractivity contribution in [3.63, 3.8) is 0 Å². The number of aromatic amines is 2. The van der Waals surface area contributed by atoms with Gasteiger partial charge in [0.15, 0.2) is 5.78 Å². The molecule has 3 N–H and O–H groups in total. The van der Waals surface area contributed by atoms with E-state index in [4.69, 9.17) is 0 Å². The van der Waals surface area contributed by atoms with E-state index in [1.54, 1.807) is 6.20 Å². The van der Waals surface area contributed by atoms with Crippen LogP contribution in [0.5, 0.6) is 0 Å². The highest BCUT2D eigenvalue weighted by atomic mass is 16.1. The molecule has 0 unspecified atom stereocenters. The molecule has 5 aromatic rings. The fraction of sp³-hybridized carbons (Fsp3) is 0.111. The van der Waals surface area contributed by atoms with Crippen molar-refractivity contribution in [3.05, 3.63) is 114 Å². The first kappa shape index (κ1) is 20.0. The van der Waals surface area contributed by atoms with Gasteiger partial charge in [0.2, 0.25) is 0 Å². The summed E-state index contributed by atoms with van der Waals surface area (Å²) in [6.45, 7) is 0.688. The molecule has 0 aliphatic carbocycles. The van der Waals surface area contributed by atoms with Crippen LogP contribution in [0.15, 0.2) is 97.5 Å². The van der Waals surface area contributed by atoms with E-state index < -0.39 is 6.04 Å². The SMILES string of the molecule is O=C(c1c[nH]c2ccccc12)[C@H](NCCc1ccc(-c2ncc[nH]2)cc1)c1ccccc1. The molecule has 5 rings (SSSR count). The lowest BCUT2D eigenvalue weighted by molar-refractivity contribution is 0.0945. The van der Waals surface area contributed by atoms with Crippen molar-refractivity contribution < 1.29 is 4.79 Å². The van der Waals surface area contributed by atoms with Gasteiger partial charge in [-0.2, -0.15) is 0 Å². The highest BCUT2D eigenvalue weighted by molar-refractivity contribution is 6.10. The van der Waals surface area contributed by atoms with Crippen LogP contribution in [0.2, 0.25) is 0 Å². The van der Waals surface area contributed by atoms with Crippen LogP contribution >= 0.6 is 0 Å². The number of fused-ring (bicyclic) bond motifs is 1. The lowest BCUT2D eigenvalue weighted by Crippen LogP contribution is -2.30. The number of H-pyrrole nitrogens is 2. The largest absolute Gasteiger partial charge is 0.360 e. The maximum Gasteiger partial charge on any atom is 0.186 e. The molecule has 0 saturated heterocycles. The first-order valence-electron chi connectivity index (χ1n) is 10.8. The molecule has 5 nitrogen and oxygen atoms in total. The number of hydrogen-bond donors (Lipinski definition) is 3. The number of nitrogens with one attached hydrogen (secondary N) is 3. The van der Waals surface area contributed by atoms with Gasteiger partial charge < -0.3 is 15.3 Å². The summed E-state index contributed by atoms with van der Waals surface area (Å²) in [5.41, 5.74) is 4.92. The summed E-state index contributed by atoms with van der Waals surface area (Å²) in [4.78, 5) is 24.2. The van der Waals surface area contributed by atoms with Crippen molar-refractivity contribution in [1.29, 1.82) is 0 Å². The van der Waals surface area contributed by atoms with E-state index in [-0.39, 0.29) is 5.78 Å². The molecule has 3 aromatic carbocycles. The van der Waals surface area contributed by atoms with Crippen LogP contribution in [0.25, 0.3) is 22.3 Å². The second-order valence-corrected chi connectivity index (χ2v) is 7.79. The Morgan fingerprint density at radius 1 is 0.906 bits per heavy atom.